The molecule has 0 aliphatic heterocycles. The van der Waals surface area contributed by atoms with Crippen LogP contribution in [0.4, 0.5) is 0 Å². The highest BCUT2D eigenvalue weighted by Gasteiger charge is 2.19. The van der Waals surface area contributed by atoms with Gasteiger partial charge in [0.2, 0.25) is 5.91 Å². The van der Waals surface area contributed by atoms with Gasteiger partial charge in [0, 0.05) is 6.42 Å². The lowest BCUT2D eigenvalue weighted by Gasteiger charge is -2.22. The molecule has 0 fully saturated rings. The summed E-state index contributed by atoms with van der Waals surface area (Å²) in [6.45, 7) is 4.27. The highest BCUT2D eigenvalue weighted by molar-refractivity contribution is 5.76. The van der Waals surface area contributed by atoms with Crippen LogP contribution in [-0.2, 0) is 4.79 Å². The molecular formula is C42H81NO3. The van der Waals surface area contributed by atoms with Crippen molar-refractivity contribution in [2.45, 2.75) is 231 Å². The SMILES string of the molecule is CCCCCCC/C=C\C/C=C\CCCCCCCCCCCCCCCCCCCC(=O)NC(CO)C(O)CCCCCCC. The van der Waals surface area contributed by atoms with Crippen LogP contribution in [0.2, 0.25) is 0 Å². The highest BCUT2D eigenvalue weighted by Crippen LogP contribution is 2.15. The van der Waals surface area contributed by atoms with E-state index in [1.165, 1.54) is 161 Å². The number of amides is 1. The first-order chi connectivity index (χ1) is 22.7. The minimum absolute atomic E-state index is 0.0371. The van der Waals surface area contributed by atoms with Crippen LogP contribution in [0, 0.1) is 0 Å². The summed E-state index contributed by atoms with van der Waals surface area (Å²) in [7, 11) is 0. The Balaban J connectivity index is 3.36. The average molecular weight is 648 g/mol. The molecule has 1 amide bonds. The van der Waals surface area contributed by atoms with Crippen LogP contribution >= 0.6 is 0 Å². The third kappa shape index (κ3) is 34.2. The Kier molecular flexibility index (Phi) is 37.4. The van der Waals surface area contributed by atoms with Gasteiger partial charge < -0.3 is 15.5 Å². The first-order valence-electron chi connectivity index (χ1n) is 20.5. The van der Waals surface area contributed by atoms with Gasteiger partial charge in [-0.05, 0) is 44.9 Å². The van der Waals surface area contributed by atoms with Crippen molar-refractivity contribution in [3.8, 4) is 0 Å². The molecule has 2 unspecified atom stereocenters. The molecule has 2 atom stereocenters. The van der Waals surface area contributed by atoms with E-state index < -0.39 is 12.1 Å². The molecule has 0 saturated heterocycles. The van der Waals surface area contributed by atoms with E-state index in [0.717, 1.165) is 32.1 Å². The van der Waals surface area contributed by atoms with Crippen LogP contribution in [0.25, 0.3) is 0 Å². The molecule has 4 heteroatoms. The molecule has 4 nitrogen and oxygen atoms in total. The standard InChI is InChI=1S/C42H81NO3/c1-3-5-7-9-10-11-12-13-14-15-16-17-18-19-20-21-22-23-24-25-26-27-28-29-30-31-32-34-36-38-42(46)43-40(39-44)41(45)37-35-33-8-6-4-2/h12-13,15-16,40-41,44-45H,3-11,14,17-39H2,1-2H3,(H,43,46)/b13-12-,16-15-. The molecular weight excluding hydrogens is 566 g/mol. The Morgan fingerprint density at radius 2 is 0.891 bits per heavy atom. The van der Waals surface area contributed by atoms with Gasteiger partial charge in [0.15, 0.2) is 0 Å². The quantitative estimate of drug-likeness (QED) is 0.0464. The summed E-state index contributed by atoms with van der Waals surface area (Å²) in [5.41, 5.74) is 0. The van der Waals surface area contributed by atoms with E-state index in [1.54, 1.807) is 0 Å². The minimum atomic E-state index is -0.652. The number of hydrogen-bond acceptors (Lipinski definition) is 3. The Bertz CT molecular complexity index is 661. The smallest absolute Gasteiger partial charge is 0.220 e. The summed E-state index contributed by atoms with van der Waals surface area (Å²) in [4.78, 5) is 12.2. The van der Waals surface area contributed by atoms with E-state index in [0.29, 0.717) is 12.8 Å². The zero-order chi connectivity index (χ0) is 33.6. The summed E-state index contributed by atoms with van der Waals surface area (Å²) < 4.78 is 0. The van der Waals surface area contributed by atoms with E-state index in [-0.39, 0.29) is 12.5 Å². The second-order valence-corrected chi connectivity index (χ2v) is 14.1. The Hall–Kier alpha value is -1.13. The van der Waals surface area contributed by atoms with E-state index in [4.69, 9.17) is 0 Å². The summed E-state index contributed by atoms with van der Waals surface area (Å²) in [5.74, 6) is -0.0371. The number of carbonyl (C=O) groups is 1. The third-order valence-electron chi connectivity index (χ3n) is 9.47. The Labute approximate surface area is 288 Å². The van der Waals surface area contributed by atoms with Gasteiger partial charge in [-0.3, -0.25) is 4.79 Å². The number of rotatable bonds is 37. The molecule has 272 valence electrons. The molecule has 0 radical (unpaired) electrons. The lowest BCUT2D eigenvalue weighted by molar-refractivity contribution is -0.123. The van der Waals surface area contributed by atoms with Gasteiger partial charge in [0.05, 0.1) is 18.8 Å². The predicted octanol–water partition coefficient (Wildman–Crippen LogP) is 12.5. The third-order valence-corrected chi connectivity index (χ3v) is 9.47. The lowest BCUT2D eigenvalue weighted by atomic mass is 10.0. The van der Waals surface area contributed by atoms with Crippen LogP contribution in [0.15, 0.2) is 24.3 Å². The zero-order valence-corrected chi connectivity index (χ0v) is 31.1. The van der Waals surface area contributed by atoms with E-state index in [9.17, 15) is 15.0 Å². The summed E-state index contributed by atoms with van der Waals surface area (Å²) in [6, 6.07) is -0.529. The Morgan fingerprint density at radius 1 is 0.522 bits per heavy atom. The summed E-state index contributed by atoms with van der Waals surface area (Å²) in [5, 5.41) is 22.8. The van der Waals surface area contributed by atoms with Crippen LogP contribution in [-0.4, -0.2) is 34.9 Å². The second kappa shape index (κ2) is 38.3. The maximum Gasteiger partial charge on any atom is 0.220 e. The zero-order valence-electron chi connectivity index (χ0n) is 31.1. The molecule has 0 aromatic rings. The van der Waals surface area contributed by atoms with Crippen molar-refractivity contribution in [3.05, 3.63) is 24.3 Å². The van der Waals surface area contributed by atoms with Crippen LogP contribution in [0.3, 0.4) is 0 Å². The Morgan fingerprint density at radius 3 is 1.30 bits per heavy atom. The van der Waals surface area contributed by atoms with Crippen molar-refractivity contribution in [1.82, 2.24) is 5.32 Å². The number of aliphatic hydroxyl groups is 2. The fourth-order valence-electron chi connectivity index (χ4n) is 6.27. The number of nitrogens with one attached hydrogen (secondary N) is 1. The number of allylic oxidation sites excluding steroid dienone is 4. The van der Waals surface area contributed by atoms with Crippen molar-refractivity contribution >= 4 is 5.91 Å². The predicted molar refractivity (Wildman–Crippen MR) is 202 cm³/mol. The second-order valence-electron chi connectivity index (χ2n) is 14.1. The number of unbranched alkanes of at least 4 members (excludes halogenated alkanes) is 26. The highest BCUT2D eigenvalue weighted by atomic mass is 16.3. The number of hydrogen-bond donors (Lipinski definition) is 3. The summed E-state index contributed by atoms with van der Waals surface area (Å²) >= 11 is 0. The van der Waals surface area contributed by atoms with Gasteiger partial charge >= 0.3 is 0 Å². The fraction of sp³-hybridized carbons (Fsp3) is 0.881. The molecule has 0 rings (SSSR count). The van der Waals surface area contributed by atoms with Crippen molar-refractivity contribution in [2.24, 2.45) is 0 Å². The van der Waals surface area contributed by atoms with E-state index in [1.807, 2.05) is 0 Å². The van der Waals surface area contributed by atoms with Crippen molar-refractivity contribution in [1.29, 1.82) is 0 Å². The lowest BCUT2D eigenvalue weighted by Crippen LogP contribution is -2.45. The molecule has 46 heavy (non-hydrogen) atoms. The maximum atomic E-state index is 12.2. The first-order valence-corrected chi connectivity index (χ1v) is 20.5. The number of aliphatic hydroxyl groups excluding tert-OH is 2. The van der Waals surface area contributed by atoms with Crippen LogP contribution in [0.1, 0.15) is 219 Å². The van der Waals surface area contributed by atoms with E-state index in [2.05, 4.69) is 43.5 Å². The van der Waals surface area contributed by atoms with Gasteiger partial charge in [0.1, 0.15) is 0 Å². The van der Waals surface area contributed by atoms with Crippen LogP contribution < -0.4 is 5.32 Å². The molecule has 0 spiro atoms. The van der Waals surface area contributed by atoms with Gasteiger partial charge in [0.25, 0.3) is 0 Å². The topological polar surface area (TPSA) is 69.6 Å². The fourth-order valence-corrected chi connectivity index (χ4v) is 6.27. The first kappa shape index (κ1) is 44.9. The monoisotopic (exact) mass is 648 g/mol. The molecule has 0 aliphatic carbocycles. The largest absolute Gasteiger partial charge is 0.394 e. The van der Waals surface area contributed by atoms with Crippen LogP contribution in [0.5, 0.6) is 0 Å². The van der Waals surface area contributed by atoms with Crippen molar-refractivity contribution in [3.63, 3.8) is 0 Å². The van der Waals surface area contributed by atoms with Gasteiger partial charge in [-0.2, -0.15) is 0 Å². The molecule has 3 N–H and O–H groups in total. The number of carbonyl (C=O) groups excluding carboxylic acids is 1. The van der Waals surface area contributed by atoms with Crippen molar-refractivity contribution in [2.75, 3.05) is 6.61 Å². The van der Waals surface area contributed by atoms with E-state index >= 15 is 0 Å². The van der Waals surface area contributed by atoms with Gasteiger partial charge in [-0.1, -0.05) is 192 Å². The van der Waals surface area contributed by atoms with Crippen molar-refractivity contribution < 1.29 is 15.0 Å². The maximum absolute atomic E-state index is 12.2. The minimum Gasteiger partial charge on any atom is -0.394 e. The summed E-state index contributed by atoms with van der Waals surface area (Å²) in [6.07, 6.45) is 48.6. The molecule has 0 aromatic heterocycles. The van der Waals surface area contributed by atoms with Gasteiger partial charge in [-0.25, -0.2) is 0 Å². The molecule has 0 aromatic carbocycles. The molecule has 0 heterocycles. The van der Waals surface area contributed by atoms with Gasteiger partial charge in [-0.15, -0.1) is 0 Å². The molecule has 0 bridgehead atoms. The molecule has 0 saturated carbocycles. The normalized spacial score (nSPS) is 13.2. The average Bonchev–Trinajstić information content (AvgIpc) is 3.06. The molecule has 0 aliphatic rings.